The first-order valence-electron chi connectivity index (χ1n) is 12.3. The van der Waals surface area contributed by atoms with Crippen LogP contribution in [0, 0.1) is 6.92 Å². The number of aryl methyl sites for hydroxylation is 1. The number of hydrogen-bond acceptors (Lipinski definition) is 8. The summed E-state index contributed by atoms with van der Waals surface area (Å²) in [7, 11) is -1.20. The van der Waals surface area contributed by atoms with E-state index in [1.54, 1.807) is 12.3 Å². The van der Waals surface area contributed by atoms with Gasteiger partial charge < -0.3 is 10.2 Å². The fraction of sp³-hybridized carbons (Fsp3) is 0.400. The number of fused-ring (bicyclic) bond motifs is 1. The van der Waals surface area contributed by atoms with Crippen molar-refractivity contribution in [3.63, 3.8) is 0 Å². The van der Waals surface area contributed by atoms with Crippen LogP contribution in [-0.2, 0) is 10.8 Å². The zero-order valence-electron chi connectivity index (χ0n) is 20.1. The summed E-state index contributed by atoms with van der Waals surface area (Å²) in [4.78, 5) is 28.4. The molecule has 11 heteroatoms. The molecule has 1 aliphatic carbocycles. The summed E-state index contributed by atoms with van der Waals surface area (Å²) in [5, 5.41) is 11.2. The lowest BCUT2D eigenvalue weighted by molar-refractivity contribution is 0.515. The molecule has 3 aromatic heterocycles. The Hall–Kier alpha value is -3.60. The van der Waals surface area contributed by atoms with Crippen LogP contribution in [0.1, 0.15) is 43.7 Å². The Labute approximate surface area is 210 Å². The number of nitrogens with one attached hydrogen (secondary N) is 2. The van der Waals surface area contributed by atoms with Crippen LogP contribution in [-0.4, -0.2) is 52.3 Å². The van der Waals surface area contributed by atoms with E-state index < -0.39 is 10.8 Å². The topological polar surface area (TPSA) is 122 Å². The molecule has 2 atom stereocenters. The van der Waals surface area contributed by atoms with E-state index in [4.69, 9.17) is 4.98 Å². The molecule has 1 aliphatic heterocycles. The normalized spacial score (nSPS) is 19.2. The minimum Gasteiger partial charge on any atom is -0.370 e. The average Bonchev–Trinajstić information content (AvgIpc) is 3.67. The van der Waals surface area contributed by atoms with E-state index in [-0.39, 0.29) is 16.9 Å². The fourth-order valence-electron chi connectivity index (χ4n) is 5.32. The second-order valence-corrected chi connectivity index (χ2v) is 11.2. The molecule has 2 aliphatic rings. The summed E-state index contributed by atoms with van der Waals surface area (Å²) in [6, 6.07) is 9.96. The van der Waals surface area contributed by atoms with Crippen LogP contribution < -0.4 is 15.8 Å². The van der Waals surface area contributed by atoms with Gasteiger partial charge in [0.05, 0.1) is 16.0 Å². The van der Waals surface area contributed by atoms with Crippen LogP contribution in [0.4, 0.5) is 17.3 Å². The zero-order valence-corrected chi connectivity index (χ0v) is 20.9. The number of anilines is 3. The highest BCUT2D eigenvalue weighted by Crippen LogP contribution is 2.31. The number of rotatable bonds is 6. The Balaban J connectivity index is 1.20. The molecule has 2 unspecified atom stereocenters. The molecule has 186 valence electrons. The summed E-state index contributed by atoms with van der Waals surface area (Å²) in [6.07, 6.45) is 8.33. The Morgan fingerprint density at radius 2 is 1.92 bits per heavy atom. The monoisotopic (exact) mass is 504 g/mol. The molecule has 0 spiro atoms. The molecule has 4 aromatic rings. The van der Waals surface area contributed by atoms with Crippen molar-refractivity contribution in [1.29, 1.82) is 0 Å². The average molecular weight is 505 g/mol. The van der Waals surface area contributed by atoms with E-state index in [2.05, 4.69) is 30.4 Å². The van der Waals surface area contributed by atoms with Crippen LogP contribution in [0.25, 0.3) is 11.0 Å². The standard InChI is InChI=1S/C25H28N8O2S/c1-16-12-22(34)33(19-4-2-3-5-19)23-21(16)13-26-24(30-23)29-17-6-8-18(9-7-17)32-11-10-20(14-32)36(35)25-27-15-28-31-25/h6-9,12-13,15,19-20H,2-5,10-11,14H2,1H3,(H,26,29,30)(H,27,28,31). The largest absolute Gasteiger partial charge is 0.370 e. The maximum atomic E-state index is 12.9. The number of hydrogen-bond donors (Lipinski definition) is 2. The van der Waals surface area contributed by atoms with Gasteiger partial charge in [0.25, 0.3) is 5.56 Å². The van der Waals surface area contributed by atoms with Gasteiger partial charge in [0.15, 0.2) is 0 Å². The Kier molecular flexibility index (Phi) is 6.00. The molecule has 4 heterocycles. The molecule has 1 saturated carbocycles. The lowest BCUT2D eigenvalue weighted by atomic mass is 10.1. The molecule has 36 heavy (non-hydrogen) atoms. The Morgan fingerprint density at radius 1 is 1.11 bits per heavy atom. The van der Waals surface area contributed by atoms with Crippen LogP contribution in [0.15, 0.2) is 52.8 Å². The van der Waals surface area contributed by atoms with Gasteiger partial charge in [-0.25, -0.2) is 9.97 Å². The highest BCUT2D eigenvalue weighted by molar-refractivity contribution is 7.85. The van der Waals surface area contributed by atoms with Gasteiger partial charge >= 0.3 is 0 Å². The molecule has 2 fully saturated rings. The summed E-state index contributed by atoms with van der Waals surface area (Å²) in [5.74, 6) is 0.468. The van der Waals surface area contributed by atoms with Crippen LogP contribution in [0.3, 0.4) is 0 Å². The van der Waals surface area contributed by atoms with Gasteiger partial charge in [-0.1, -0.05) is 12.8 Å². The summed E-state index contributed by atoms with van der Waals surface area (Å²) in [5.41, 5.74) is 3.54. The fourth-order valence-corrected chi connectivity index (χ4v) is 6.56. The first-order valence-corrected chi connectivity index (χ1v) is 13.5. The zero-order chi connectivity index (χ0) is 24.6. The molecule has 10 nitrogen and oxygen atoms in total. The lowest BCUT2D eigenvalue weighted by Gasteiger charge is -2.19. The molecular formula is C25H28N8O2S. The predicted octanol–water partition coefficient (Wildman–Crippen LogP) is 3.46. The maximum Gasteiger partial charge on any atom is 0.252 e. The number of nitrogens with zero attached hydrogens (tertiary/aromatic N) is 6. The summed E-state index contributed by atoms with van der Waals surface area (Å²) in [6.45, 7) is 3.47. The molecule has 1 aromatic carbocycles. The first kappa shape index (κ1) is 22.8. The van der Waals surface area contributed by atoms with Crippen LogP contribution >= 0.6 is 0 Å². The van der Waals surface area contributed by atoms with Crippen molar-refractivity contribution in [3.8, 4) is 0 Å². The van der Waals surface area contributed by atoms with Crippen molar-refractivity contribution in [2.45, 2.75) is 55.5 Å². The first-order chi connectivity index (χ1) is 17.6. The number of benzene rings is 1. The van der Waals surface area contributed by atoms with Crippen LogP contribution in [0.2, 0.25) is 0 Å². The van der Waals surface area contributed by atoms with Crippen molar-refractivity contribution in [2.24, 2.45) is 0 Å². The van der Waals surface area contributed by atoms with E-state index >= 15 is 0 Å². The van der Waals surface area contributed by atoms with Gasteiger partial charge in [-0.3, -0.25) is 18.7 Å². The van der Waals surface area contributed by atoms with Crippen molar-refractivity contribution < 1.29 is 4.21 Å². The highest BCUT2D eigenvalue weighted by Gasteiger charge is 2.29. The molecule has 0 bridgehead atoms. The van der Waals surface area contributed by atoms with Gasteiger partial charge in [0.1, 0.15) is 12.0 Å². The third-order valence-electron chi connectivity index (χ3n) is 7.21. The molecular weight excluding hydrogens is 476 g/mol. The minimum absolute atomic E-state index is 0.00839. The molecule has 0 amide bonds. The minimum atomic E-state index is -1.20. The number of pyridine rings is 1. The third-order valence-corrected chi connectivity index (χ3v) is 8.78. The van der Waals surface area contributed by atoms with Crippen molar-refractivity contribution in [2.75, 3.05) is 23.3 Å². The second-order valence-electron chi connectivity index (χ2n) is 9.52. The summed E-state index contributed by atoms with van der Waals surface area (Å²) >= 11 is 0. The molecule has 6 rings (SSSR count). The smallest absolute Gasteiger partial charge is 0.252 e. The van der Waals surface area contributed by atoms with Crippen LogP contribution in [0.5, 0.6) is 0 Å². The SMILES string of the molecule is Cc1cc(=O)n(C2CCCC2)c2nc(Nc3ccc(N4CCC(S(=O)c5ncn[nH]5)C4)cc3)ncc12. The Morgan fingerprint density at radius 3 is 2.67 bits per heavy atom. The maximum absolute atomic E-state index is 12.9. The van der Waals surface area contributed by atoms with Gasteiger partial charge in [-0.05, 0) is 56.0 Å². The number of aromatic amines is 1. The van der Waals surface area contributed by atoms with Gasteiger partial charge in [0.2, 0.25) is 11.1 Å². The Bertz CT molecular complexity index is 1460. The molecule has 0 radical (unpaired) electrons. The van der Waals surface area contributed by atoms with Crippen molar-refractivity contribution >= 4 is 39.2 Å². The van der Waals surface area contributed by atoms with Gasteiger partial charge in [0, 0.05) is 48.2 Å². The van der Waals surface area contributed by atoms with E-state index in [1.165, 1.54) is 6.33 Å². The number of aromatic nitrogens is 6. The van der Waals surface area contributed by atoms with Gasteiger partial charge in [-0.2, -0.15) is 10.1 Å². The summed E-state index contributed by atoms with van der Waals surface area (Å²) < 4.78 is 14.5. The number of H-pyrrole nitrogens is 1. The van der Waals surface area contributed by atoms with Crippen molar-refractivity contribution in [3.05, 3.63) is 58.8 Å². The highest BCUT2D eigenvalue weighted by atomic mass is 32.2. The predicted molar refractivity (Wildman–Crippen MR) is 139 cm³/mol. The second kappa shape index (κ2) is 9.45. The third kappa shape index (κ3) is 4.27. The van der Waals surface area contributed by atoms with E-state index in [0.29, 0.717) is 23.3 Å². The lowest BCUT2D eigenvalue weighted by Crippen LogP contribution is -2.24. The molecule has 2 N–H and O–H groups in total. The van der Waals surface area contributed by atoms with E-state index in [1.807, 2.05) is 35.8 Å². The quantitative estimate of drug-likeness (QED) is 0.409. The molecule has 1 saturated heterocycles. The van der Waals surface area contributed by atoms with E-state index in [0.717, 1.165) is 61.0 Å². The van der Waals surface area contributed by atoms with Gasteiger partial charge in [-0.15, -0.1) is 0 Å². The van der Waals surface area contributed by atoms with Crippen molar-refractivity contribution in [1.82, 2.24) is 29.7 Å². The van der Waals surface area contributed by atoms with E-state index in [9.17, 15) is 9.00 Å².